The van der Waals surface area contributed by atoms with E-state index in [0.29, 0.717) is 4.75 Å². The number of carbonyl (C=O) groups excluding carboxylic acids is 1. The third-order valence-electron chi connectivity index (χ3n) is 1.46. The molecule has 0 aliphatic rings. The number of hydrogen-bond acceptors (Lipinski definition) is 3. The molecule has 0 aliphatic heterocycles. The first-order valence-corrected chi connectivity index (χ1v) is 7.54. The largest absolute Gasteiger partial charge is 0.355 e. The van der Waals surface area contributed by atoms with Gasteiger partial charge < -0.3 is 5.32 Å². The third kappa shape index (κ3) is 9.12. The fraction of sp³-hybridized carbons (Fsp3) is 0.909. The number of nitrogens with one attached hydrogen (secondary N) is 1. The molecule has 0 heterocycles. The number of rotatable bonds is 4. The molecule has 90 valence electrons. The van der Waals surface area contributed by atoms with Gasteiger partial charge in [0.1, 0.15) is 0 Å². The standard InChI is InChI=1S/C11H23NOS2/c1-10(2,3)9(13)12-7-8-14-15-11(4,5)6/h7-8H2,1-6H3,(H,12,13). The van der Waals surface area contributed by atoms with Crippen molar-refractivity contribution in [3.63, 3.8) is 0 Å². The average Bonchev–Trinajstić information content (AvgIpc) is 1.99. The van der Waals surface area contributed by atoms with E-state index in [1.165, 1.54) is 0 Å². The Hall–Kier alpha value is 0.170. The summed E-state index contributed by atoms with van der Waals surface area (Å²) < 4.78 is 0.290. The van der Waals surface area contributed by atoms with Gasteiger partial charge in [0.15, 0.2) is 0 Å². The van der Waals surface area contributed by atoms with Gasteiger partial charge in [-0.25, -0.2) is 0 Å². The molecule has 0 aromatic rings. The zero-order valence-electron chi connectivity index (χ0n) is 10.6. The summed E-state index contributed by atoms with van der Waals surface area (Å²) in [6.07, 6.45) is 0. The zero-order chi connectivity index (χ0) is 12.1. The van der Waals surface area contributed by atoms with Crippen molar-refractivity contribution in [2.75, 3.05) is 12.3 Å². The average molecular weight is 249 g/mol. The monoisotopic (exact) mass is 249 g/mol. The lowest BCUT2D eigenvalue weighted by molar-refractivity contribution is -0.128. The van der Waals surface area contributed by atoms with E-state index in [2.05, 4.69) is 26.1 Å². The third-order valence-corrected chi connectivity index (χ3v) is 4.80. The van der Waals surface area contributed by atoms with Gasteiger partial charge in [0, 0.05) is 22.5 Å². The van der Waals surface area contributed by atoms with Gasteiger partial charge >= 0.3 is 0 Å². The van der Waals surface area contributed by atoms with E-state index in [4.69, 9.17) is 0 Å². The molecule has 0 saturated heterocycles. The molecule has 0 bridgehead atoms. The van der Waals surface area contributed by atoms with E-state index in [1.54, 1.807) is 0 Å². The summed E-state index contributed by atoms with van der Waals surface area (Å²) in [4.78, 5) is 11.5. The van der Waals surface area contributed by atoms with Crippen LogP contribution in [0.5, 0.6) is 0 Å². The molecule has 4 heteroatoms. The molecule has 0 spiro atoms. The van der Waals surface area contributed by atoms with Crippen LogP contribution < -0.4 is 5.32 Å². The summed E-state index contributed by atoms with van der Waals surface area (Å²) >= 11 is 0. The van der Waals surface area contributed by atoms with Crippen molar-refractivity contribution in [2.24, 2.45) is 5.41 Å². The molecule has 2 nitrogen and oxygen atoms in total. The van der Waals surface area contributed by atoms with Gasteiger partial charge in [-0.2, -0.15) is 0 Å². The second kappa shape index (κ2) is 6.04. The van der Waals surface area contributed by atoms with Crippen molar-refractivity contribution in [3.8, 4) is 0 Å². The van der Waals surface area contributed by atoms with E-state index in [1.807, 2.05) is 42.4 Å². The smallest absolute Gasteiger partial charge is 0.225 e. The van der Waals surface area contributed by atoms with Crippen LogP contribution in [0.15, 0.2) is 0 Å². The highest BCUT2D eigenvalue weighted by Gasteiger charge is 2.20. The molecule has 0 aliphatic carbocycles. The molecule has 0 radical (unpaired) electrons. The van der Waals surface area contributed by atoms with Gasteiger partial charge in [-0.15, -0.1) is 0 Å². The molecule has 0 aromatic carbocycles. The lowest BCUT2D eigenvalue weighted by atomic mass is 9.96. The molecule has 0 atom stereocenters. The fourth-order valence-electron chi connectivity index (χ4n) is 0.690. The lowest BCUT2D eigenvalue weighted by Gasteiger charge is -2.19. The Kier molecular flexibility index (Phi) is 6.11. The minimum absolute atomic E-state index is 0.129. The topological polar surface area (TPSA) is 29.1 Å². The maximum Gasteiger partial charge on any atom is 0.225 e. The van der Waals surface area contributed by atoms with Crippen LogP contribution in [0.3, 0.4) is 0 Å². The minimum Gasteiger partial charge on any atom is -0.355 e. The highest BCUT2D eigenvalue weighted by Crippen LogP contribution is 2.34. The van der Waals surface area contributed by atoms with Gasteiger partial charge in [0.25, 0.3) is 0 Å². The van der Waals surface area contributed by atoms with Crippen molar-refractivity contribution >= 4 is 27.5 Å². The molecule has 0 saturated carbocycles. The van der Waals surface area contributed by atoms with Crippen LogP contribution >= 0.6 is 21.6 Å². The van der Waals surface area contributed by atoms with Crippen LogP contribution in [-0.2, 0) is 4.79 Å². The first kappa shape index (κ1) is 15.2. The minimum atomic E-state index is -0.276. The van der Waals surface area contributed by atoms with Gasteiger partial charge in [-0.3, -0.25) is 4.79 Å². The Morgan fingerprint density at radius 3 is 2.07 bits per heavy atom. The quantitative estimate of drug-likeness (QED) is 0.612. The summed E-state index contributed by atoms with van der Waals surface area (Å²) in [5, 5.41) is 2.94. The van der Waals surface area contributed by atoms with E-state index < -0.39 is 0 Å². The van der Waals surface area contributed by atoms with Gasteiger partial charge in [0.2, 0.25) is 5.91 Å². The lowest BCUT2D eigenvalue weighted by Crippen LogP contribution is -2.35. The molecule has 0 aromatic heterocycles. The molecular weight excluding hydrogens is 226 g/mol. The van der Waals surface area contributed by atoms with E-state index in [0.717, 1.165) is 12.3 Å². The normalized spacial score (nSPS) is 12.7. The van der Waals surface area contributed by atoms with Gasteiger partial charge in [-0.1, -0.05) is 63.1 Å². The number of hydrogen-bond donors (Lipinski definition) is 1. The van der Waals surface area contributed by atoms with Crippen molar-refractivity contribution in [1.82, 2.24) is 5.32 Å². The first-order valence-electron chi connectivity index (χ1n) is 5.22. The summed E-state index contributed by atoms with van der Waals surface area (Å²) in [6, 6.07) is 0. The Balaban J connectivity index is 3.53. The van der Waals surface area contributed by atoms with E-state index in [9.17, 15) is 4.79 Å². The molecule has 0 unspecified atom stereocenters. The first-order chi connectivity index (χ1) is 6.63. The molecule has 1 N–H and O–H groups in total. The van der Waals surface area contributed by atoms with Crippen LogP contribution in [0.4, 0.5) is 0 Å². The molecule has 0 rings (SSSR count). The Morgan fingerprint density at radius 2 is 1.67 bits per heavy atom. The van der Waals surface area contributed by atoms with Crippen molar-refractivity contribution in [2.45, 2.75) is 46.3 Å². The van der Waals surface area contributed by atoms with Crippen LogP contribution in [0, 0.1) is 5.41 Å². The maximum atomic E-state index is 11.5. The second-order valence-electron chi connectivity index (χ2n) is 5.52. The van der Waals surface area contributed by atoms with Crippen LogP contribution in [-0.4, -0.2) is 23.0 Å². The number of carbonyl (C=O) groups is 1. The second-order valence-corrected chi connectivity index (χ2v) is 8.77. The highest BCUT2D eigenvalue weighted by molar-refractivity contribution is 8.77. The van der Waals surface area contributed by atoms with Crippen molar-refractivity contribution < 1.29 is 4.79 Å². The molecule has 0 fully saturated rings. The van der Waals surface area contributed by atoms with E-state index in [-0.39, 0.29) is 11.3 Å². The van der Waals surface area contributed by atoms with Crippen molar-refractivity contribution in [1.29, 1.82) is 0 Å². The zero-order valence-corrected chi connectivity index (χ0v) is 12.3. The Bertz CT molecular complexity index is 204. The SMILES string of the molecule is CC(C)(C)SSCCNC(=O)C(C)(C)C. The predicted octanol–water partition coefficient (Wildman–Crippen LogP) is 3.33. The van der Waals surface area contributed by atoms with Crippen LogP contribution in [0.25, 0.3) is 0 Å². The fourth-order valence-corrected chi connectivity index (χ4v) is 2.87. The molecule has 15 heavy (non-hydrogen) atoms. The summed E-state index contributed by atoms with van der Waals surface area (Å²) in [7, 11) is 3.67. The van der Waals surface area contributed by atoms with Crippen LogP contribution in [0.1, 0.15) is 41.5 Å². The predicted molar refractivity (Wildman–Crippen MR) is 72.3 cm³/mol. The highest BCUT2D eigenvalue weighted by atomic mass is 33.1. The summed E-state index contributed by atoms with van der Waals surface area (Å²) in [5.74, 6) is 1.09. The summed E-state index contributed by atoms with van der Waals surface area (Å²) in [6.45, 7) is 13.1. The maximum absolute atomic E-state index is 11.5. The van der Waals surface area contributed by atoms with Gasteiger partial charge in [0.05, 0.1) is 0 Å². The Morgan fingerprint density at radius 1 is 1.13 bits per heavy atom. The van der Waals surface area contributed by atoms with Crippen molar-refractivity contribution in [3.05, 3.63) is 0 Å². The summed E-state index contributed by atoms with van der Waals surface area (Å²) in [5.41, 5.74) is -0.276. The molecule has 1 amide bonds. The molecular formula is C11H23NOS2. The van der Waals surface area contributed by atoms with Gasteiger partial charge in [-0.05, 0) is 0 Å². The Labute approximate surface area is 102 Å². The van der Waals surface area contributed by atoms with Crippen LogP contribution in [0.2, 0.25) is 0 Å². The van der Waals surface area contributed by atoms with E-state index >= 15 is 0 Å². The number of amides is 1.